The summed E-state index contributed by atoms with van der Waals surface area (Å²) in [5.74, 6) is -1.21. The normalized spacial score (nSPS) is 13.4. The van der Waals surface area contributed by atoms with Crippen LogP contribution in [0.4, 0.5) is 4.39 Å². The first-order chi connectivity index (χ1) is 3.18. The summed E-state index contributed by atoms with van der Waals surface area (Å²) in [6, 6.07) is 0. The van der Waals surface area contributed by atoms with E-state index in [0.717, 1.165) is 0 Å². The molecule has 0 aromatic rings. The summed E-state index contributed by atoms with van der Waals surface area (Å²) in [4.78, 5) is 9.91. The van der Waals surface area contributed by atoms with Crippen molar-refractivity contribution in [2.75, 3.05) is 6.67 Å². The highest BCUT2D eigenvalue weighted by Gasteiger charge is 2.05. The summed E-state index contributed by atoms with van der Waals surface area (Å²) >= 11 is 0. The molecule has 0 aromatic carbocycles. The second-order valence-corrected chi connectivity index (χ2v) is 1.46. The van der Waals surface area contributed by atoms with Gasteiger partial charge in [-0.2, -0.15) is 0 Å². The van der Waals surface area contributed by atoms with Gasteiger partial charge in [0.25, 0.3) is 0 Å². The van der Waals surface area contributed by atoms with Crippen molar-refractivity contribution < 1.29 is 9.18 Å². The van der Waals surface area contributed by atoms with Gasteiger partial charge in [0.05, 0.1) is 5.92 Å². The SMILES string of the molecule is CC(CF)C(N)=O. The van der Waals surface area contributed by atoms with Gasteiger partial charge in [0.1, 0.15) is 6.67 Å². The number of carbonyl (C=O) groups excluding carboxylic acids is 1. The van der Waals surface area contributed by atoms with Crippen molar-refractivity contribution in [1.29, 1.82) is 0 Å². The highest BCUT2D eigenvalue weighted by atomic mass is 19.1. The van der Waals surface area contributed by atoms with Crippen LogP contribution in [0.2, 0.25) is 0 Å². The van der Waals surface area contributed by atoms with E-state index in [9.17, 15) is 9.18 Å². The lowest BCUT2D eigenvalue weighted by molar-refractivity contribution is -0.121. The van der Waals surface area contributed by atoms with Gasteiger partial charge >= 0.3 is 0 Å². The van der Waals surface area contributed by atoms with Gasteiger partial charge in [-0.25, -0.2) is 0 Å². The topological polar surface area (TPSA) is 43.1 Å². The third kappa shape index (κ3) is 2.14. The average Bonchev–Trinajstić information content (AvgIpc) is 1.65. The molecule has 0 fully saturated rings. The maximum Gasteiger partial charge on any atom is 0.222 e. The highest BCUT2D eigenvalue weighted by molar-refractivity contribution is 5.76. The van der Waals surface area contributed by atoms with Crippen molar-refractivity contribution in [3.63, 3.8) is 0 Å². The summed E-state index contributed by atoms with van der Waals surface area (Å²) in [5.41, 5.74) is 4.67. The fraction of sp³-hybridized carbons (Fsp3) is 0.750. The van der Waals surface area contributed by atoms with Gasteiger partial charge in [-0.15, -0.1) is 0 Å². The quantitative estimate of drug-likeness (QED) is 0.530. The van der Waals surface area contributed by atoms with Gasteiger partial charge in [0.15, 0.2) is 0 Å². The Balaban J connectivity index is 3.34. The van der Waals surface area contributed by atoms with E-state index in [1.165, 1.54) is 6.92 Å². The molecule has 0 aliphatic rings. The Kier molecular flexibility index (Phi) is 2.33. The predicted octanol–water partition coefficient (Wildman–Crippen LogP) is 0.0773. The van der Waals surface area contributed by atoms with Crippen LogP contribution in [-0.2, 0) is 4.79 Å². The first-order valence-electron chi connectivity index (χ1n) is 2.03. The number of amides is 1. The minimum Gasteiger partial charge on any atom is -0.369 e. The fourth-order valence-electron chi connectivity index (χ4n) is 0.0760. The summed E-state index contributed by atoms with van der Waals surface area (Å²) < 4.78 is 11.3. The largest absolute Gasteiger partial charge is 0.369 e. The number of halogens is 1. The van der Waals surface area contributed by atoms with Crippen molar-refractivity contribution in [3.05, 3.63) is 0 Å². The number of alkyl halides is 1. The Morgan fingerprint density at radius 2 is 2.43 bits per heavy atom. The zero-order valence-electron chi connectivity index (χ0n) is 4.15. The molecule has 0 aliphatic heterocycles. The van der Waals surface area contributed by atoms with Crippen LogP contribution in [0.3, 0.4) is 0 Å². The lowest BCUT2D eigenvalue weighted by Gasteiger charge is -1.95. The van der Waals surface area contributed by atoms with Gasteiger partial charge in [-0.05, 0) is 0 Å². The smallest absolute Gasteiger partial charge is 0.222 e. The highest BCUT2D eigenvalue weighted by Crippen LogP contribution is 1.90. The number of hydrogen-bond acceptors (Lipinski definition) is 1. The minimum atomic E-state index is -0.657. The third-order valence-electron chi connectivity index (χ3n) is 0.717. The molecule has 0 aromatic heterocycles. The van der Waals surface area contributed by atoms with E-state index >= 15 is 0 Å². The molecule has 0 saturated heterocycles. The Morgan fingerprint density at radius 3 is 2.43 bits per heavy atom. The van der Waals surface area contributed by atoms with Crippen molar-refractivity contribution in [3.8, 4) is 0 Å². The summed E-state index contributed by atoms with van der Waals surface area (Å²) in [5, 5.41) is 0. The summed E-state index contributed by atoms with van der Waals surface area (Å²) in [6.45, 7) is 0.789. The molecule has 2 nitrogen and oxygen atoms in total. The van der Waals surface area contributed by atoms with Crippen molar-refractivity contribution in [1.82, 2.24) is 0 Å². The molecule has 0 bridgehead atoms. The molecule has 0 heterocycles. The van der Waals surface area contributed by atoms with Crippen LogP contribution in [0.15, 0.2) is 0 Å². The summed E-state index contributed by atoms with van der Waals surface area (Å²) in [7, 11) is 0. The Bertz CT molecular complexity index is 74.1. The first kappa shape index (κ1) is 6.40. The van der Waals surface area contributed by atoms with Gasteiger partial charge in [-0.1, -0.05) is 6.92 Å². The van der Waals surface area contributed by atoms with Gasteiger partial charge in [0, 0.05) is 0 Å². The van der Waals surface area contributed by atoms with Gasteiger partial charge < -0.3 is 5.73 Å². The minimum absolute atomic E-state index is 0.581. The molecule has 1 unspecified atom stereocenters. The predicted molar refractivity (Wildman–Crippen MR) is 24.3 cm³/mol. The monoisotopic (exact) mass is 105 g/mol. The third-order valence-corrected chi connectivity index (χ3v) is 0.717. The lowest BCUT2D eigenvalue weighted by atomic mass is 10.2. The molecule has 0 aliphatic carbocycles. The average molecular weight is 105 g/mol. The van der Waals surface area contributed by atoms with Crippen LogP contribution in [0.5, 0.6) is 0 Å². The molecular weight excluding hydrogens is 97.0 g/mol. The number of nitrogens with two attached hydrogens (primary N) is 1. The summed E-state index contributed by atoms with van der Waals surface area (Å²) in [6.07, 6.45) is 0. The Labute approximate surface area is 41.5 Å². The second kappa shape index (κ2) is 2.55. The van der Waals surface area contributed by atoms with E-state index in [2.05, 4.69) is 5.73 Å². The lowest BCUT2D eigenvalue weighted by Crippen LogP contribution is -2.21. The molecule has 2 N–H and O–H groups in total. The van der Waals surface area contributed by atoms with E-state index < -0.39 is 18.5 Å². The molecule has 0 saturated carbocycles. The zero-order valence-corrected chi connectivity index (χ0v) is 4.15. The maximum atomic E-state index is 11.3. The number of hydrogen-bond donors (Lipinski definition) is 1. The van der Waals surface area contributed by atoms with Crippen molar-refractivity contribution in [2.45, 2.75) is 6.92 Å². The number of rotatable bonds is 2. The molecule has 0 spiro atoms. The van der Waals surface area contributed by atoms with E-state index in [4.69, 9.17) is 0 Å². The molecular formula is C4H8FNO. The van der Waals surface area contributed by atoms with Crippen LogP contribution in [0.1, 0.15) is 6.92 Å². The van der Waals surface area contributed by atoms with E-state index in [1.807, 2.05) is 0 Å². The van der Waals surface area contributed by atoms with Gasteiger partial charge in [-0.3, -0.25) is 9.18 Å². The van der Waals surface area contributed by atoms with Crippen LogP contribution in [0.25, 0.3) is 0 Å². The first-order valence-corrected chi connectivity index (χ1v) is 2.03. The number of primary amides is 1. The van der Waals surface area contributed by atoms with Crippen molar-refractivity contribution in [2.24, 2.45) is 11.7 Å². The molecule has 7 heavy (non-hydrogen) atoms. The van der Waals surface area contributed by atoms with Gasteiger partial charge in [0.2, 0.25) is 5.91 Å². The molecule has 42 valence electrons. The van der Waals surface area contributed by atoms with Crippen molar-refractivity contribution >= 4 is 5.91 Å². The van der Waals surface area contributed by atoms with E-state index in [0.29, 0.717) is 0 Å². The molecule has 0 radical (unpaired) electrons. The zero-order chi connectivity index (χ0) is 5.86. The van der Waals surface area contributed by atoms with Crippen LogP contribution in [0, 0.1) is 5.92 Å². The number of carbonyl (C=O) groups is 1. The van der Waals surface area contributed by atoms with Crippen LogP contribution < -0.4 is 5.73 Å². The Morgan fingerprint density at radius 1 is 2.00 bits per heavy atom. The molecule has 1 amide bonds. The fourth-order valence-corrected chi connectivity index (χ4v) is 0.0760. The van der Waals surface area contributed by atoms with E-state index in [-0.39, 0.29) is 0 Å². The Hall–Kier alpha value is -0.600. The van der Waals surface area contributed by atoms with E-state index in [1.54, 1.807) is 0 Å². The molecule has 0 rings (SSSR count). The second-order valence-electron chi connectivity index (χ2n) is 1.46. The standard InChI is InChI=1S/C4H8FNO/c1-3(2-5)4(6)7/h3H,2H2,1H3,(H2,6,7). The molecule has 1 atom stereocenters. The van der Waals surface area contributed by atoms with Crippen LogP contribution >= 0.6 is 0 Å². The van der Waals surface area contributed by atoms with Crippen LogP contribution in [-0.4, -0.2) is 12.6 Å². The molecule has 3 heteroatoms. The maximum absolute atomic E-state index is 11.3.